The van der Waals surface area contributed by atoms with Gasteiger partial charge in [-0.2, -0.15) is 0 Å². The zero-order chi connectivity index (χ0) is 14.7. The highest BCUT2D eigenvalue weighted by Crippen LogP contribution is 2.27. The number of nitrogens with one attached hydrogen (secondary N) is 1. The Hall–Kier alpha value is -1.95. The SMILES string of the molecule is Cc1cc(NC(=O)CN2CCCC2)c([N+](=O)[O-])cc1C. The molecular formula is C14H19N3O3. The lowest BCUT2D eigenvalue weighted by Gasteiger charge is -2.14. The summed E-state index contributed by atoms with van der Waals surface area (Å²) in [6.45, 7) is 5.82. The highest BCUT2D eigenvalue weighted by atomic mass is 16.6. The van der Waals surface area contributed by atoms with Gasteiger partial charge in [0.2, 0.25) is 5.91 Å². The number of anilines is 1. The molecule has 1 aliphatic heterocycles. The lowest BCUT2D eigenvalue weighted by molar-refractivity contribution is -0.384. The minimum atomic E-state index is -0.460. The third-order valence-electron chi connectivity index (χ3n) is 3.65. The zero-order valence-corrected chi connectivity index (χ0v) is 11.8. The molecule has 1 aromatic rings. The summed E-state index contributed by atoms with van der Waals surface area (Å²) in [4.78, 5) is 24.6. The number of rotatable bonds is 4. The van der Waals surface area contributed by atoms with Crippen LogP contribution in [0.15, 0.2) is 12.1 Å². The molecule has 1 N–H and O–H groups in total. The van der Waals surface area contributed by atoms with Crippen molar-refractivity contribution in [2.24, 2.45) is 0 Å². The number of benzene rings is 1. The van der Waals surface area contributed by atoms with Crippen molar-refractivity contribution < 1.29 is 9.72 Å². The maximum absolute atomic E-state index is 12.0. The maximum Gasteiger partial charge on any atom is 0.293 e. The van der Waals surface area contributed by atoms with E-state index in [4.69, 9.17) is 0 Å². The average molecular weight is 277 g/mol. The van der Waals surface area contributed by atoms with Gasteiger partial charge in [-0.05, 0) is 57.0 Å². The fourth-order valence-corrected chi connectivity index (χ4v) is 2.39. The number of likely N-dealkylation sites (tertiary alicyclic amines) is 1. The number of carbonyl (C=O) groups is 1. The molecule has 1 amide bonds. The lowest BCUT2D eigenvalue weighted by Crippen LogP contribution is -2.31. The molecule has 0 atom stereocenters. The van der Waals surface area contributed by atoms with Crippen LogP contribution >= 0.6 is 0 Å². The summed E-state index contributed by atoms with van der Waals surface area (Å²) in [5, 5.41) is 13.7. The van der Waals surface area contributed by atoms with E-state index in [-0.39, 0.29) is 17.3 Å². The number of amides is 1. The van der Waals surface area contributed by atoms with Crippen LogP contribution in [0, 0.1) is 24.0 Å². The van der Waals surface area contributed by atoms with Gasteiger partial charge < -0.3 is 5.32 Å². The van der Waals surface area contributed by atoms with Crippen LogP contribution in [-0.4, -0.2) is 35.4 Å². The van der Waals surface area contributed by atoms with Crippen LogP contribution in [0.1, 0.15) is 24.0 Å². The minimum absolute atomic E-state index is 0.0529. The molecule has 20 heavy (non-hydrogen) atoms. The van der Waals surface area contributed by atoms with Crippen LogP contribution in [-0.2, 0) is 4.79 Å². The quantitative estimate of drug-likeness (QED) is 0.676. The molecular weight excluding hydrogens is 258 g/mol. The molecule has 6 heteroatoms. The van der Waals surface area contributed by atoms with Crippen LogP contribution in [0.4, 0.5) is 11.4 Å². The molecule has 1 fully saturated rings. The highest BCUT2D eigenvalue weighted by Gasteiger charge is 2.20. The van der Waals surface area contributed by atoms with Crippen molar-refractivity contribution in [2.45, 2.75) is 26.7 Å². The van der Waals surface area contributed by atoms with Crippen LogP contribution in [0.5, 0.6) is 0 Å². The van der Waals surface area contributed by atoms with Gasteiger partial charge in [-0.25, -0.2) is 0 Å². The summed E-state index contributed by atoms with van der Waals surface area (Å²) in [5.41, 5.74) is 1.99. The van der Waals surface area contributed by atoms with E-state index in [9.17, 15) is 14.9 Å². The molecule has 0 spiro atoms. The molecule has 0 aromatic heterocycles. The van der Waals surface area contributed by atoms with E-state index in [1.165, 1.54) is 6.07 Å². The van der Waals surface area contributed by atoms with Crippen molar-refractivity contribution in [1.29, 1.82) is 0 Å². The predicted octanol–water partition coefficient (Wildman–Crippen LogP) is 2.25. The maximum atomic E-state index is 12.0. The summed E-state index contributed by atoms with van der Waals surface area (Å²) in [6, 6.07) is 3.16. The first-order valence-corrected chi connectivity index (χ1v) is 6.75. The molecule has 0 unspecified atom stereocenters. The second kappa shape index (κ2) is 6.00. The monoisotopic (exact) mass is 277 g/mol. The third-order valence-corrected chi connectivity index (χ3v) is 3.65. The number of nitro benzene ring substituents is 1. The standard InChI is InChI=1S/C14H19N3O3/c1-10-7-12(13(17(19)20)8-11(10)2)15-14(18)9-16-5-3-4-6-16/h7-8H,3-6,9H2,1-2H3,(H,15,18). The van der Waals surface area contributed by atoms with Gasteiger partial charge in [-0.1, -0.05) is 0 Å². The van der Waals surface area contributed by atoms with Gasteiger partial charge in [0, 0.05) is 6.07 Å². The second-order valence-electron chi connectivity index (χ2n) is 5.24. The largest absolute Gasteiger partial charge is 0.319 e. The highest BCUT2D eigenvalue weighted by molar-refractivity contribution is 5.94. The number of hydrogen-bond acceptors (Lipinski definition) is 4. The molecule has 0 bridgehead atoms. The Kier molecular flexibility index (Phi) is 4.34. The molecule has 1 heterocycles. The van der Waals surface area contributed by atoms with E-state index < -0.39 is 4.92 Å². The molecule has 0 aliphatic carbocycles. The van der Waals surface area contributed by atoms with Crippen molar-refractivity contribution in [3.8, 4) is 0 Å². The van der Waals surface area contributed by atoms with Crippen LogP contribution in [0.25, 0.3) is 0 Å². The van der Waals surface area contributed by atoms with Gasteiger partial charge in [0.05, 0.1) is 11.5 Å². The first-order valence-electron chi connectivity index (χ1n) is 6.75. The smallest absolute Gasteiger partial charge is 0.293 e. The van der Waals surface area contributed by atoms with E-state index in [1.54, 1.807) is 6.07 Å². The Morgan fingerprint density at radius 2 is 1.90 bits per heavy atom. The van der Waals surface area contributed by atoms with Crippen molar-refractivity contribution in [3.63, 3.8) is 0 Å². The normalized spacial score (nSPS) is 15.3. The molecule has 0 radical (unpaired) electrons. The van der Waals surface area contributed by atoms with Crippen LogP contribution in [0.3, 0.4) is 0 Å². The van der Waals surface area contributed by atoms with Crippen molar-refractivity contribution in [1.82, 2.24) is 4.90 Å². The Balaban J connectivity index is 2.13. The third kappa shape index (κ3) is 3.33. The first-order chi connectivity index (χ1) is 9.47. The Morgan fingerprint density at radius 1 is 1.30 bits per heavy atom. The fraction of sp³-hybridized carbons (Fsp3) is 0.500. The number of nitro groups is 1. The van der Waals surface area contributed by atoms with Gasteiger partial charge in [-0.15, -0.1) is 0 Å². The van der Waals surface area contributed by atoms with E-state index >= 15 is 0 Å². The van der Waals surface area contributed by atoms with E-state index in [0.29, 0.717) is 6.54 Å². The molecule has 2 rings (SSSR count). The molecule has 108 valence electrons. The summed E-state index contributed by atoms with van der Waals surface area (Å²) < 4.78 is 0. The van der Waals surface area contributed by atoms with Crippen molar-refractivity contribution in [2.75, 3.05) is 25.0 Å². The number of hydrogen-bond donors (Lipinski definition) is 1. The lowest BCUT2D eigenvalue weighted by atomic mass is 10.1. The second-order valence-corrected chi connectivity index (χ2v) is 5.24. The minimum Gasteiger partial charge on any atom is -0.319 e. The molecule has 1 aliphatic rings. The van der Waals surface area contributed by atoms with Gasteiger partial charge in [0.15, 0.2) is 0 Å². The Labute approximate surface area is 117 Å². The van der Waals surface area contributed by atoms with Crippen molar-refractivity contribution >= 4 is 17.3 Å². The fourth-order valence-electron chi connectivity index (χ4n) is 2.39. The molecule has 0 saturated carbocycles. The zero-order valence-electron chi connectivity index (χ0n) is 11.8. The molecule has 1 aromatic carbocycles. The van der Waals surface area contributed by atoms with E-state index in [1.807, 2.05) is 13.8 Å². The molecule has 6 nitrogen and oxygen atoms in total. The summed E-state index contributed by atoms with van der Waals surface area (Å²) in [7, 11) is 0. The van der Waals surface area contributed by atoms with Crippen LogP contribution in [0.2, 0.25) is 0 Å². The first kappa shape index (κ1) is 14.5. The molecule has 1 saturated heterocycles. The topological polar surface area (TPSA) is 75.5 Å². The van der Waals surface area contributed by atoms with E-state index in [0.717, 1.165) is 37.1 Å². The summed E-state index contributed by atoms with van der Waals surface area (Å²) >= 11 is 0. The number of nitrogens with zero attached hydrogens (tertiary/aromatic N) is 2. The Bertz CT molecular complexity index is 537. The predicted molar refractivity (Wildman–Crippen MR) is 76.9 cm³/mol. The summed E-state index contributed by atoms with van der Waals surface area (Å²) in [5.74, 6) is -0.196. The van der Waals surface area contributed by atoms with Gasteiger partial charge in [-0.3, -0.25) is 19.8 Å². The van der Waals surface area contributed by atoms with Gasteiger partial charge >= 0.3 is 0 Å². The van der Waals surface area contributed by atoms with E-state index in [2.05, 4.69) is 10.2 Å². The Morgan fingerprint density at radius 3 is 2.50 bits per heavy atom. The van der Waals surface area contributed by atoms with Crippen molar-refractivity contribution in [3.05, 3.63) is 33.4 Å². The number of carbonyl (C=O) groups excluding carboxylic acids is 1. The number of aryl methyl sites for hydroxylation is 2. The van der Waals surface area contributed by atoms with Crippen LogP contribution < -0.4 is 5.32 Å². The van der Waals surface area contributed by atoms with Gasteiger partial charge in [0.1, 0.15) is 5.69 Å². The summed E-state index contributed by atoms with van der Waals surface area (Å²) in [6.07, 6.45) is 2.22. The average Bonchev–Trinajstić information content (AvgIpc) is 2.85. The van der Waals surface area contributed by atoms with Gasteiger partial charge in [0.25, 0.3) is 5.69 Å².